The van der Waals surface area contributed by atoms with Gasteiger partial charge >= 0.3 is 0 Å². The van der Waals surface area contributed by atoms with Crippen molar-refractivity contribution in [2.75, 3.05) is 20.6 Å². The lowest BCUT2D eigenvalue weighted by atomic mass is 9.95. The van der Waals surface area contributed by atoms with Crippen LogP contribution in [0.15, 0.2) is 24.3 Å². The van der Waals surface area contributed by atoms with Gasteiger partial charge < -0.3 is 4.90 Å². The minimum atomic E-state index is -0.151. The number of piperidine rings is 1. The maximum absolute atomic E-state index is 13.2. The van der Waals surface area contributed by atoms with Gasteiger partial charge in [0.15, 0.2) is 0 Å². The Morgan fingerprint density at radius 1 is 1.19 bits per heavy atom. The molecule has 1 atom stereocenters. The van der Waals surface area contributed by atoms with Gasteiger partial charge in [0, 0.05) is 12.1 Å². The van der Waals surface area contributed by atoms with Gasteiger partial charge in [0.25, 0.3) is 0 Å². The zero-order valence-electron chi connectivity index (χ0n) is 13.4. The van der Waals surface area contributed by atoms with Crippen LogP contribution in [0.25, 0.3) is 0 Å². The van der Waals surface area contributed by atoms with E-state index in [4.69, 9.17) is 0 Å². The van der Waals surface area contributed by atoms with Gasteiger partial charge in [0.05, 0.1) is 0 Å². The number of carbonyl (C=O) groups excluding carboxylic acids is 1. The molecule has 2 fully saturated rings. The first-order chi connectivity index (χ1) is 10.1. The number of aryl methyl sites for hydroxylation is 1. The molecule has 1 amide bonds. The second-order valence-corrected chi connectivity index (χ2v) is 6.89. The van der Waals surface area contributed by atoms with Gasteiger partial charge in [-0.15, -0.1) is 0 Å². The van der Waals surface area contributed by atoms with Crippen molar-refractivity contribution >= 4 is 5.91 Å². The van der Waals surface area contributed by atoms with E-state index in [1.165, 1.54) is 31.2 Å². The highest BCUT2D eigenvalue weighted by atomic mass is 16.2. The Morgan fingerprint density at radius 3 is 2.52 bits per heavy atom. The van der Waals surface area contributed by atoms with Crippen LogP contribution >= 0.6 is 0 Å². The van der Waals surface area contributed by atoms with Crippen LogP contribution in [-0.2, 0) is 4.79 Å². The molecule has 3 rings (SSSR count). The zero-order chi connectivity index (χ0) is 15.0. The number of rotatable bonds is 3. The standard InChI is InChI=1S/C18H26N2O/c1-14-8-4-5-9-15(14)16(19(2)3)17(21)20-13-7-6-10-18(20)11-12-18/h4-5,8-9,16H,6-7,10-13H2,1-3H3. The smallest absolute Gasteiger partial charge is 0.244 e. The summed E-state index contributed by atoms with van der Waals surface area (Å²) >= 11 is 0. The third-order valence-electron chi connectivity index (χ3n) is 5.17. The number of hydrogen-bond donors (Lipinski definition) is 0. The van der Waals surface area contributed by atoms with E-state index < -0.39 is 0 Å². The molecule has 0 radical (unpaired) electrons. The highest BCUT2D eigenvalue weighted by molar-refractivity contribution is 5.85. The zero-order valence-corrected chi connectivity index (χ0v) is 13.4. The van der Waals surface area contributed by atoms with Crippen LogP contribution in [0.1, 0.15) is 49.3 Å². The fraction of sp³-hybridized carbons (Fsp3) is 0.611. The molecule has 1 unspecified atom stereocenters. The van der Waals surface area contributed by atoms with Gasteiger partial charge in [-0.05, 0) is 64.3 Å². The first-order valence-corrected chi connectivity index (χ1v) is 8.09. The van der Waals surface area contributed by atoms with E-state index in [2.05, 4.69) is 28.9 Å². The predicted molar refractivity (Wildman–Crippen MR) is 85.1 cm³/mol. The predicted octanol–water partition coefficient (Wildman–Crippen LogP) is 3.14. The summed E-state index contributed by atoms with van der Waals surface area (Å²) in [5, 5.41) is 0. The van der Waals surface area contributed by atoms with E-state index in [0.717, 1.165) is 18.5 Å². The largest absolute Gasteiger partial charge is 0.335 e. The minimum absolute atomic E-state index is 0.151. The third-order valence-corrected chi connectivity index (χ3v) is 5.17. The van der Waals surface area contributed by atoms with Crippen molar-refractivity contribution in [2.24, 2.45) is 0 Å². The van der Waals surface area contributed by atoms with Crippen LogP contribution in [0, 0.1) is 6.92 Å². The Balaban J connectivity index is 1.91. The quantitative estimate of drug-likeness (QED) is 0.852. The number of likely N-dealkylation sites (N-methyl/N-ethyl adjacent to an activating group) is 1. The highest BCUT2D eigenvalue weighted by Gasteiger charge is 2.52. The van der Waals surface area contributed by atoms with E-state index in [1.54, 1.807) is 0 Å². The van der Waals surface area contributed by atoms with Crippen LogP contribution in [0.5, 0.6) is 0 Å². The summed E-state index contributed by atoms with van der Waals surface area (Å²) in [6.07, 6.45) is 6.04. The average Bonchev–Trinajstić information content (AvgIpc) is 3.21. The lowest BCUT2D eigenvalue weighted by Crippen LogP contribution is -2.50. The molecule has 2 aliphatic rings. The summed E-state index contributed by atoms with van der Waals surface area (Å²) in [7, 11) is 4.02. The van der Waals surface area contributed by atoms with Gasteiger partial charge in [-0.1, -0.05) is 24.3 Å². The summed E-state index contributed by atoms with van der Waals surface area (Å²) in [5.74, 6) is 0.298. The Kier molecular flexibility index (Phi) is 3.78. The van der Waals surface area contributed by atoms with Crippen molar-refractivity contribution in [2.45, 2.75) is 50.6 Å². The topological polar surface area (TPSA) is 23.6 Å². The van der Waals surface area contributed by atoms with Crippen LogP contribution < -0.4 is 0 Å². The number of hydrogen-bond acceptors (Lipinski definition) is 2. The van der Waals surface area contributed by atoms with Crippen molar-refractivity contribution in [1.82, 2.24) is 9.80 Å². The highest BCUT2D eigenvalue weighted by Crippen LogP contribution is 2.49. The van der Waals surface area contributed by atoms with Gasteiger partial charge in [-0.2, -0.15) is 0 Å². The third kappa shape index (κ3) is 2.59. The van der Waals surface area contributed by atoms with Gasteiger partial charge in [0.2, 0.25) is 5.91 Å². The Bertz CT molecular complexity index is 534. The number of benzene rings is 1. The fourth-order valence-electron chi connectivity index (χ4n) is 3.78. The summed E-state index contributed by atoms with van der Waals surface area (Å²) < 4.78 is 0. The number of amides is 1. The first-order valence-electron chi connectivity index (χ1n) is 8.09. The summed E-state index contributed by atoms with van der Waals surface area (Å²) in [4.78, 5) is 17.5. The summed E-state index contributed by atoms with van der Waals surface area (Å²) in [5.41, 5.74) is 2.56. The molecule has 1 heterocycles. The van der Waals surface area contributed by atoms with Crippen molar-refractivity contribution in [3.05, 3.63) is 35.4 Å². The maximum Gasteiger partial charge on any atom is 0.244 e. The van der Waals surface area contributed by atoms with Gasteiger partial charge in [-0.25, -0.2) is 0 Å². The molecule has 1 aromatic rings. The average molecular weight is 286 g/mol. The van der Waals surface area contributed by atoms with Gasteiger partial charge in [-0.3, -0.25) is 9.69 Å². The molecule has 1 aliphatic carbocycles. The van der Waals surface area contributed by atoms with Crippen molar-refractivity contribution in [3.8, 4) is 0 Å². The Morgan fingerprint density at radius 2 is 1.90 bits per heavy atom. The number of nitrogens with zero attached hydrogens (tertiary/aromatic N) is 2. The Labute approximate surface area is 127 Å². The van der Waals surface area contributed by atoms with E-state index in [1.807, 2.05) is 26.2 Å². The van der Waals surface area contributed by atoms with Gasteiger partial charge in [0.1, 0.15) is 6.04 Å². The molecular weight excluding hydrogens is 260 g/mol. The molecule has 1 aromatic carbocycles. The van der Waals surface area contributed by atoms with E-state index in [0.29, 0.717) is 5.91 Å². The molecule has 0 N–H and O–H groups in total. The summed E-state index contributed by atoms with van der Waals surface area (Å²) in [6.45, 7) is 3.04. The molecule has 1 saturated carbocycles. The van der Waals surface area contributed by atoms with Crippen LogP contribution in [0.3, 0.4) is 0 Å². The van der Waals surface area contributed by atoms with Crippen molar-refractivity contribution < 1.29 is 4.79 Å². The SMILES string of the molecule is Cc1ccccc1C(C(=O)N1CCCCC12CC2)N(C)C. The lowest BCUT2D eigenvalue weighted by molar-refractivity contribution is -0.141. The van der Waals surface area contributed by atoms with E-state index in [9.17, 15) is 4.79 Å². The Hall–Kier alpha value is -1.35. The second-order valence-electron chi connectivity index (χ2n) is 6.89. The molecule has 0 bridgehead atoms. The maximum atomic E-state index is 13.2. The monoisotopic (exact) mass is 286 g/mol. The fourth-order valence-corrected chi connectivity index (χ4v) is 3.78. The molecule has 21 heavy (non-hydrogen) atoms. The molecule has 3 nitrogen and oxygen atoms in total. The molecular formula is C18H26N2O. The molecule has 1 saturated heterocycles. The molecule has 3 heteroatoms. The molecule has 1 aliphatic heterocycles. The number of carbonyl (C=O) groups is 1. The molecule has 0 aromatic heterocycles. The van der Waals surface area contributed by atoms with Crippen molar-refractivity contribution in [1.29, 1.82) is 0 Å². The lowest BCUT2D eigenvalue weighted by Gasteiger charge is -2.40. The van der Waals surface area contributed by atoms with Crippen molar-refractivity contribution in [3.63, 3.8) is 0 Å². The van der Waals surface area contributed by atoms with E-state index in [-0.39, 0.29) is 11.6 Å². The first kappa shape index (κ1) is 14.6. The number of likely N-dealkylation sites (tertiary alicyclic amines) is 1. The molecule has 1 spiro atoms. The normalized spacial score (nSPS) is 21.6. The second kappa shape index (κ2) is 5.45. The van der Waals surface area contributed by atoms with Crippen LogP contribution in [-0.4, -0.2) is 41.9 Å². The minimum Gasteiger partial charge on any atom is -0.335 e. The molecule has 114 valence electrons. The van der Waals surface area contributed by atoms with E-state index >= 15 is 0 Å². The van der Waals surface area contributed by atoms with Crippen LogP contribution in [0.2, 0.25) is 0 Å². The van der Waals surface area contributed by atoms with Crippen LogP contribution in [0.4, 0.5) is 0 Å². The summed E-state index contributed by atoms with van der Waals surface area (Å²) in [6, 6.07) is 8.12.